The van der Waals surface area contributed by atoms with Gasteiger partial charge in [-0.2, -0.15) is 4.37 Å². The largest absolute Gasteiger partial charge is 0.495 e. The molecule has 0 bridgehead atoms. The number of hydrogen-bond donors (Lipinski definition) is 1. The van der Waals surface area contributed by atoms with Crippen LogP contribution >= 0.6 is 11.5 Å². The molecule has 1 aromatic carbocycles. The van der Waals surface area contributed by atoms with E-state index < -0.39 is 0 Å². The fourth-order valence-electron chi connectivity index (χ4n) is 2.85. The molecule has 3 rings (SSSR count). The molecule has 1 atom stereocenters. The van der Waals surface area contributed by atoms with E-state index in [4.69, 9.17) is 9.47 Å². The third-order valence-corrected chi connectivity index (χ3v) is 4.71. The first-order valence-electron chi connectivity index (χ1n) is 7.73. The van der Waals surface area contributed by atoms with Crippen molar-refractivity contribution in [2.24, 2.45) is 5.92 Å². The number of ether oxygens (including phenoxy) is 2. The van der Waals surface area contributed by atoms with Crippen LogP contribution in [0.2, 0.25) is 0 Å². The summed E-state index contributed by atoms with van der Waals surface area (Å²) in [6, 6.07) is 8.20. The molecule has 1 aromatic heterocycles. The number of nitrogens with zero attached hydrogens (tertiary/aromatic N) is 3. The molecular formula is C16H22N4O2S. The van der Waals surface area contributed by atoms with Crippen LogP contribution in [0, 0.1) is 5.92 Å². The van der Waals surface area contributed by atoms with Gasteiger partial charge >= 0.3 is 0 Å². The van der Waals surface area contributed by atoms with Crippen LogP contribution in [0.1, 0.15) is 12.2 Å². The topological polar surface area (TPSA) is 59.5 Å². The molecule has 1 N–H and O–H groups in total. The van der Waals surface area contributed by atoms with E-state index in [2.05, 4.69) is 31.7 Å². The molecule has 1 fully saturated rings. The number of aromatic nitrogens is 2. The smallest absolute Gasteiger partial charge is 0.202 e. The molecule has 0 aliphatic carbocycles. The molecule has 2 aromatic rings. The standard InChI is InChI=1S/C16H22N4O2S/c1-21-11-15-18-16(23-19-15)17-9-12-7-8-20(10-12)13-5-3-4-6-14(13)22-2/h3-6,12H,7-11H2,1-2H3,(H,17,18,19)/t12-/m0/s1. The predicted molar refractivity (Wildman–Crippen MR) is 92.4 cm³/mol. The zero-order chi connectivity index (χ0) is 16.1. The summed E-state index contributed by atoms with van der Waals surface area (Å²) in [5.74, 6) is 2.27. The van der Waals surface area contributed by atoms with Crippen molar-refractivity contribution in [1.82, 2.24) is 9.36 Å². The maximum absolute atomic E-state index is 5.46. The van der Waals surface area contributed by atoms with Crippen LogP contribution in [0.15, 0.2) is 24.3 Å². The SMILES string of the molecule is COCc1nsc(NC[C@@H]2CCN(c3ccccc3OC)C2)n1. The fraction of sp³-hybridized carbons (Fsp3) is 0.500. The lowest BCUT2D eigenvalue weighted by Gasteiger charge is -2.21. The Morgan fingerprint density at radius 1 is 1.35 bits per heavy atom. The molecule has 1 saturated heterocycles. The fourth-order valence-corrected chi connectivity index (χ4v) is 3.43. The Balaban J connectivity index is 1.53. The molecule has 2 heterocycles. The Morgan fingerprint density at radius 2 is 2.22 bits per heavy atom. The van der Waals surface area contributed by atoms with Crippen LogP contribution in [0.25, 0.3) is 0 Å². The first-order valence-corrected chi connectivity index (χ1v) is 8.51. The van der Waals surface area contributed by atoms with Crippen molar-refractivity contribution in [1.29, 1.82) is 0 Å². The van der Waals surface area contributed by atoms with Gasteiger partial charge < -0.3 is 19.7 Å². The van der Waals surface area contributed by atoms with Gasteiger partial charge in [-0.25, -0.2) is 4.98 Å². The summed E-state index contributed by atoms with van der Waals surface area (Å²) in [5, 5.41) is 4.27. The molecule has 0 saturated carbocycles. The van der Waals surface area contributed by atoms with Gasteiger partial charge in [-0.1, -0.05) is 12.1 Å². The van der Waals surface area contributed by atoms with Crippen molar-refractivity contribution < 1.29 is 9.47 Å². The lowest BCUT2D eigenvalue weighted by molar-refractivity contribution is 0.179. The monoisotopic (exact) mass is 334 g/mol. The number of hydrogen-bond acceptors (Lipinski definition) is 7. The van der Waals surface area contributed by atoms with Crippen molar-refractivity contribution in [3.8, 4) is 5.75 Å². The van der Waals surface area contributed by atoms with Crippen LogP contribution in [-0.2, 0) is 11.3 Å². The van der Waals surface area contributed by atoms with Gasteiger partial charge in [0.2, 0.25) is 5.13 Å². The van der Waals surface area contributed by atoms with Crippen LogP contribution < -0.4 is 15.0 Å². The molecular weight excluding hydrogens is 312 g/mol. The molecule has 0 amide bonds. The average molecular weight is 334 g/mol. The Morgan fingerprint density at radius 3 is 3.04 bits per heavy atom. The summed E-state index contributed by atoms with van der Waals surface area (Å²) < 4.78 is 14.8. The minimum atomic E-state index is 0.461. The van der Waals surface area contributed by atoms with Crippen molar-refractivity contribution >= 4 is 22.4 Å². The average Bonchev–Trinajstić information content (AvgIpc) is 3.22. The quantitative estimate of drug-likeness (QED) is 0.840. The second kappa shape index (κ2) is 7.61. The lowest BCUT2D eigenvalue weighted by Crippen LogP contribution is -2.22. The van der Waals surface area contributed by atoms with Gasteiger partial charge in [-0.05, 0) is 24.5 Å². The van der Waals surface area contributed by atoms with Crippen molar-refractivity contribution in [3.63, 3.8) is 0 Å². The van der Waals surface area contributed by atoms with Gasteiger partial charge in [0, 0.05) is 38.3 Å². The second-order valence-corrected chi connectivity index (χ2v) is 6.35. The number of methoxy groups -OCH3 is 2. The van der Waals surface area contributed by atoms with Crippen LogP contribution in [0.3, 0.4) is 0 Å². The van der Waals surface area contributed by atoms with Gasteiger partial charge in [0.1, 0.15) is 12.4 Å². The summed E-state index contributed by atoms with van der Waals surface area (Å²) in [5.41, 5.74) is 1.18. The van der Waals surface area contributed by atoms with E-state index in [1.807, 2.05) is 12.1 Å². The van der Waals surface area contributed by atoms with E-state index in [0.29, 0.717) is 12.5 Å². The summed E-state index contributed by atoms with van der Waals surface area (Å²) in [4.78, 5) is 6.79. The van der Waals surface area contributed by atoms with Gasteiger partial charge in [0.05, 0.1) is 12.8 Å². The molecule has 1 aliphatic rings. The molecule has 7 heteroatoms. The maximum Gasteiger partial charge on any atom is 0.202 e. The third kappa shape index (κ3) is 3.92. The Hall–Kier alpha value is -1.86. The summed E-state index contributed by atoms with van der Waals surface area (Å²) in [7, 11) is 3.38. The van der Waals surface area contributed by atoms with Crippen LogP contribution in [-0.4, -0.2) is 43.2 Å². The van der Waals surface area contributed by atoms with Gasteiger partial charge in [0.15, 0.2) is 5.82 Å². The van der Waals surface area contributed by atoms with Gasteiger partial charge in [-0.15, -0.1) is 0 Å². The lowest BCUT2D eigenvalue weighted by atomic mass is 10.1. The molecule has 23 heavy (non-hydrogen) atoms. The highest BCUT2D eigenvalue weighted by Crippen LogP contribution is 2.32. The Bertz CT molecular complexity index is 634. The third-order valence-electron chi connectivity index (χ3n) is 4.00. The van der Waals surface area contributed by atoms with E-state index in [-0.39, 0.29) is 0 Å². The molecule has 1 aliphatic heterocycles. The zero-order valence-electron chi connectivity index (χ0n) is 13.5. The number of benzene rings is 1. The highest BCUT2D eigenvalue weighted by molar-refractivity contribution is 7.09. The first kappa shape index (κ1) is 16.0. The van der Waals surface area contributed by atoms with Crippen LogP contribution in [0.4, 0.5) is 10.8 Å². The number of para-hydroxylation sites is 2. The number of rotatable bonds is 7. The van der Waals surface area contributed by atoms with Crippen molar-refractivity contribution in [2.45, 2.75) is 13.0 Å². The summed E-state index contributed by atoms with van der Waals surface area (Å²) >= 11 is 1.39. The molecule has 124 valence electrons. The predicted octanol–water partition coefficient (Wildman–Crippen LogP) is 2.63. The number of nitrogens with one attached hydrogen (secondary N) is 1. The van der Waals surface area contributed by atoms with E-state index in [0.717, 1.165) is 42.8 Å². The normalized spacial score (nSPS) is 17.5. The van der Waals surface area contributed by atoms with Crippen molar-refractivity contribution in [3.05, 3.63) is 30.1 Å². The highest BCUT2D eigenvalue weighted by atomic mass is 32.1. The maximum atomic E-state index is 5.46. The summed E-state index contributed by atoms with van der Waals surface area (Å²) in [6.07, 6.45) is 1.16. The van der Waals surface area contributed by atoms with E-state index >= 15 is 0 Å². The summed E-state index contributed by atoms with van der Waals surface area (Å²) in [6.45, 7) is 3.45. The Labute approximate surface area is 140 Å². The number of anilines is 2. The zero-order valence-corrected chi connectivity index (χ0v) is 14.3. The van der Waals surface area contributed by atoms with Gasteiger partial charge in [0.25, 0.3) is 0 Å². The minimum Gasteiger partial charge on any atom is -0.495 e. The van der Waals surface area contributed by atoms with E-state index in [1.165, 1.54) is 17.2 Å². The molecule has 6 nitrogen and oxygen atoms in total. The molecule has 0 spiro atoms. The minimum absolute atomic E-state index is 0.461. The first-order chi connectivity index (χ1) is 11.3. The molecule has 0 unspecified atom stereocenters. The van der Waals surface area contributed by atoms with Gasteiger partial charge in [-0.3, -0.25) is 0 Å². The second-order valence-electron chi connectivity index (χ2n) is 5.60. The molecule has 0 radical (unpaired) electrons. The van der Waals surface area contributed by atoms with Crippen LogP contribution in [0.5, 0.6) is 5.75 Å². The van der Waals surface area contributed by atoms with E-state index in [9.17, 15) is 0 Å². The van der Waals surface area contributed by atoms with E-state index in [1.54, 1.807) is 14.2 Å². The van der Waals surface area contributed by atoms with Crippen molar-refractivity contribution in [2.75, 3.05) is 44.1 Å². The Kier molecular flexibility index (Phi) is 5.30. The highest BCUT2D eigenvalue weighted by Gasteiger charge is 2.24.